The molecule has 4 N–H and O–H groups in total. The highest BCUT2D eigenvalue weighted by molar-refractivity contribution is 8.00. The Morgan fingerprint density at radius 3 is 2.79 bits per heavy atom. The summed E-state index contributed by atoms with van der Waals surface area (Å²) in [5.74, 6) is -1.82. The number of aliphatic carboxylic acids is 1. The third kappa shape index (κ3) is 5.01. The third-order valence-corrected chi connectivity index (χ3v) is 9.49. The highest BCUT2D eigenvalue weighted by Crippen LogP contribution is 2.43. The number of nitrogens with two attached hydrogens (primary N) is 1. The maximum atomic E-state index is 13.2. The number of thioether (sulfide) groups is 1. The first-order valence-electron chi connectivity index (χ1n) is 12.6. The Morgan fingerprint density at radius 2 is 2.10 bits per heavy atom. The van der Waals surface area contributed by atoms with Crippen LogP contribution in [0.1, 0.15) is 35.7 Å². The van der Waals surface area contributed by atoms with E-state index in [-0.39, 0.29) is 28.3 Å². The summed E-state index contributed by atoms with van der Waals surface area (Å²) in [5.41, 5.74) is 9.20. The summed E-state index contributed by atoms with van der Waals surface area (Å²) in [6.45, 7) is 0.497. The minimum atomic E-state index is -1.14. The van der Waals surface area contributed by atoms with Crippen LogP contribution in [0.4, 0.5) is 5.13 Å². The van der Waals surface area contributed by atoms with Gasteiger partial charge in [-0.2, -0.15) is 0 Å². The van der Waals surface area contributed by atoms with E-state index in [1.165, 1.54) is 34.9 Å². The lowest BCUT2D eigenvalue weighted by atomic mass is 9.85. The van der Waals surface area contributed by atoms with Crippen LogP contribution in [0.5, 0.6) is 0 Å². The molecule has 3 atom stereocenters. The molecule has 1 saturated heterocycles. The van der Waals surface area contributed by atoms with Crippen LogP contribution in [0.3, 0.4) is 0 Å². The summed E-state index contributed by atoms with van der Waals surface area (Å²) < 4.78 is 0.587. The van der Waals surface area contributed by atoms with Crippen molar-refractivity contribution in [2.45, 2.75) is 36.7 Å². The molecule has 5 rings (SSSR count). The van der Waals surface area contributed by atoms with E-state index in [2.05, 4.69) is 53.8 Å². The molecule has 0 saturated carbocycles. The molecule has 0 bridgehead atoms. The molecular weight excluding hydrogens is 540 g/mol. The number of carbonyl (C=O) groups excluding carboxylic acids is 2. The van der Waals surface area contributed by atoms with E-state index < -0.39 is 29.2 Å². The number of amides is 2. The molecule has 1 aromatic carbocycles. The average Bonchev–Trinajstić information content (AvgIpc) is 3.34. The molecule has 0 unspecified atom stereocenters. The number of anilines is 1. The molecule has 1 aromatic heterocycles. The maximum Gasteiger partial charge on any atom is 0.352 e. The van der Waals surface area contributed by atoms with Gasteiger partial charge in [-0.15, -0.1) is 23.1 Å². The van der Waals surface area contributed by atoms with Gasteiger partial charge in [-0.1, -0.05) is 29.4 Å². The number of β-lactam (4-membered cyclic amide) rings is 1. The first kappa shape index (κ1) is 27.2. The summed E-state index contributed by atoms with van der Waals surface area (Å²) in [7, 11) is 5.55. The number of nitrogen functional groups attached to an aromatic ring is 1. The van der Waals surface area contributed by atoms with Gasteiger partial charge < -0.3 is 25.5 Å². The molecule has 2 aromatic rings. The maximum absolute atomic E-state index is 13.2. The van der Waals surface area contributed by atoms with Gasteiger partial charge in [-0.05, 0) is 18.4 Å². The first-order valence-corrected chi connectivity index (χ1v) is 14.5. The van der Waals surface area contributed by atoms with Crippen molar-refractivity contribution in [3.05, 3.63) is 57.7 Å². The van der Waals surface area contributed by atoms with Crippen molar-refractivity contribution < 1.29 is 28.8 Å². The number of oxime groups is 1. The van der Waals surface area contributed by atoms with E-state index in [9.17, 15) is 19.5 Å². The van der Waals surface area contributed by atoms with Gasteiger partial charge in [-0.25, -0.2) is 9.78 Å². The van der Waals surface area contributed by atoms with Crippen LogP contribution in [0.25, 0.3) is 0 Å². The van der Waals surface area contributed by atoms with E-state index >= 15 is 0 Å². The van der Waals surface area contributed by atoms with Crippen LogP contribution in [-0.4, -0.2) is 87.9 Å². The van der Waals surface area contributed by atoms with Gasteiger partial charge in [0, 0.05) is 28.7 Å². The number of nitrogens with zero attached hydrogens (tertiary/aromatic N) is 4. The van der Waals surface area contributed by atoms with Crippen molar-refractivity contribution in [3.63, 3.8) is 0 Å². The van der Waals surface area contributed by atoms with Crippen LogP contribution in [0.15, 0.2) is 46.1 Å². The Labute approximate surface area is 234 Å². The fourth-order valence-electron chi connectivity index (χ4n) is 5.76. The number of hydrogen-bond donors (Lipinski definition) is 3. The molecule has 0 spiro atoms. The van der Waals surface area contributed by atoms with Gasteiger partial charge in [0.15, 0.2) is 10.8 Å². The highest BCUT2D eigenvalue weighted by Gasteiger charge is 2.55. The number of aryl methyl sites for hydroxylation is 1. The zero-order valence-corrected chi connectivity index (χ0v) is 23.6. The molecule has 13 heteroatoms. The lowest BCUT2D eigenvalue weighted by Gasteiger charge is -2.50. The number of aromatic nitrogens is 1. The minimum absolute atomic E-state index is 0.0163. The second-order valence-corrected chi connectivity index (χ2v) is 12.3. The van der Waals surface area contributed by atoms with E-state index in [0.717, 1.165) is 36.2 Å². The quantitative estimate of drug-likeness (QED) is 0.189. The van der Waals surface area contributed by atoms with Gasteiger partial charge in [0.1, 0.15) is 42.5 Å². The molecular formula is C26H31N6O5S2+. The summed E-state index contributed by atoms with van der Waals surface area (Å²) >= 11 is 2.59. The predicted molar refractivity (Wildman–Crippen MR) is 149 cm³/mol. The van der Waals surface area contributed by atoms with Gasteiger partial charge in [0.2, 0.25) is 0 Å². The van der Waals surface area contributed by atoms with E-state index in [0.29, 0.717) is 16.8 Å². The number of nitrogens with one attached hydrogen (secondary N) is 1. The van der Waals surface area contributed by atoms with E-state index in [4.69, 9.17) is 10.6 Å². The second kappa shape index (κ2) is 10.6. The summed E-state index contributed by atoms with van der Waals surface area (Å²) in [4.78, 5) is 48.9. The summed E-state index contributed by atoms with van der Waals surface area (Å²) in [5, 5.41) is 17.9. The Balaban J connectivity index is 1.35. The molecule has 3 aliphatic rings. The average molecular weight is 572 g/mol. The zero-order valence-electron chi connectivity index (χ0n) is 21.9. The number of quaternary nitrogens is 1. The van der Waals surface area contributed by atoms with Crippen LogP contribution >= 0.6 is 23.1 Å². The normalized spacial score (nSPS) is 23.1. The molecule has 1 fully saturated rings. The smallest absolute Gasteiger partial charge is 0.352 e. The third-order valence-electron chi connectivity index (χ3n) is 7.48. The van der Waals surface area contributed by atoms with Crippen LogP contribution in [0.2, 0.25) is 0 Å². The standard InChI is InChI=1S/C26H30N6O5S2/c1-32(2,18-10-6-8-14-7-4-5-9-16(14)18)11-15-12-38-24-20(23(34)31(24)21(15)25(35)36)29-22(33)19(30-37-3)17-13-39-26(27)28-17/h4-5,7,9,13,18,20,24H,6,8,10-12H2,1-3H3,(H3-,27,28,29,33,35,36)/p+1/t18-,20-,24-/m1/s1. The number of fused-ring (bicyclic) bond motifs is 2. The Hall–Kier alpha value is -3.42. The number of likely N-dealkylation sites (N-methyl/N-ethyl adjacent to an activating group) is 1. The van der Waals surface area contributed by atoms with Crippen LogP contribution in [0, 0.1) is 0 Å². The zero-order chi connectivity index (χ0) is 27.9. The molecule has 2 aliphatic heterocycles. The van der Waals surface area contributed by atoms with Gasteiger partial charge >= 0.3 is 5.97 Å². The highest BCUT2D eigenvalue weighted by atomic mass is 32.2. The largest absolute Gasteiger partial charge is 0.477 e. The number of carbonyl (C=O) groups is 3. The number of rotatable bonds is 8. The molecule has 3 heterocycles. The molecule has 39 heavy (non-hydrogen) atoms. The number of hydrogen-bond acceptors (Lipinski definition) is 9. The van der Waals surface area contributed by atoms with Crippen molar-refractivity contribution in [3.8, 4) is 0 Å². The van der Waals surface area contributed by atoms with Crippen molar-refractivity contribution in [1.29, 1.82) is 0 Å². The molecule has 0 radical (unpaired) electrons. The lowest BCUT2D eigenvalue weighted by Crippen LogP contribution is -2.71. The summed E-state index contributed by atoms with van der Waals surface area (Å²) in [6.07, 6.45) is 3.15. The number of thiazole rings is 1. The number of carboxylic acids is 1. The first-order chi connectivity index (χ1) is 18.6. The number of benzene rings is 1. The topological polar surface area (TPSA) is 147 Å². The van der Waals surface area contributed by atoms with E-state index in [1.807, 2.05) is 0 Å². The summed E-state index contributed by atoms with van der Waals surface area (Å²) in [6, 6.07) is 7.79. The van der Waals surface area contributed by atoms with E-state index in [1.54, 1.807) is 5.38 Å². The Bertz CT molecular complexity index is 1390. The predicted octanol–water partition coefficient (Wildman–Crippen LogP) is 1.97. The van der Waals surface area contributed by atoms with Crippen molar-refractivity contribution in [2.24, 2.45) is 5.16 Å². The minimum Gasteiger partial charge on any atom is -0.477 e. The van der Waals surface area contributed by atoms with Crippen molar-refractivity contribution >= 4 is 51.7 Å². The van der Waals surface area contributed by atoms with Crippen LogP contribution in [-0.2, 0) is 25.6 Å². The monoisotopic (exact) mass is 571 g/mol. The van der Waals surface area contributed by atoms with Crippen molar-refractivity contribution in [2.75, 3.05) is 39.2 Å². The van der Waals surface area contributed by atoms with Crippen molar-refractivity contribution in [1.82, 2.24) is 15.2 Å². The number of carboxylic acid groups (broad SMARTS) is 1. The Morgan fingerprint density at radius 1 is 1.33 bits per heavy atom. The second-order valence-electron chi connectivity index (χ2n) is 10.4. The molecule has 206 valence electrons. The van der Waals surface area contributed by atoms with Gasteiger partial charge in [-0.3, -0.25) is 14.5 Å². The molecule has 11 nitrogen and oxygen atoms in total. The fraction of sp³-hybridized carbons (Fsp3) is 0.423. The fourth-order valence-corrected chi connectivity index (χ4v) is 7.65. The Kier molecular flexibility index (Phi) is 7.40. The van der Waals surface area contributed by atoms with Gasteiger partial charge in [0.25, 0.3) is 11.8 Å². The SMILES string of the molecule is CON=C(C(=O)N[C@@H]1C(=O)N2C(C(=O)O)=C(C[N+](C)(C)[C@@H]3CCCc4ccccc43)CS[C@H]12)c1csc(N)n1. The molecule has 2 amide bonds. The lowest BCUT2D eigenvalue weighted by molar-refractivity contribution is -0.917. The molecule has 1 aliphatic carbocycles. The van der Waals surface area contributed by atoms with Crippen LogP contribution < -0.4 is 11.1 Å². The van der Waals surface area contributed by atoms with Gasteiger partial charge in [0.05, 0.1) is 14.1 Å².